The first kappa shape index (κ1) is 23.7. The molecule has 0 aliphatic heterocycles. The predicted molar refractivity (Wildman–Crippen MR) is 131 cm³/mol. The maximum Gasteiger partial charge on any atom is 0.341 e. The maximum absolute atomic E-state index is 12.5. The quantitative estimate of drug-likeness (QED) is 0.393. The van der Waals surface area contributed by atoms with Crippen LogP contribution in [0.4, 0.5) is 10.8 Å². The van der Waals surface area contributed by atoms with Crippen LogP contribution < -0.4 is 10.6 Å². The molecule has 168 valence electrons. The van der Waals surface area contributed by atoms with Crippen molar-refractivity contribution in [3.63, 3.8) is 0 Å². The van der Waals surface area contributed by atoms with Gasteiger partial charge in [0.15, 0.2) is 10.9 Å². The van der Waals surface area contributed by atoms with E-state index in [1.54, 1.807) is 31.9 Å². The van der Waals surface area contributed by atoms with Gasteiger partial charge in [-0.3, -0.25) is 9.48 Å². The van der Waals surface area contributed by atoms with Crippen molar-refractivity contribution in [2.45, 2.75) is 13.5 Å². The summed E-state index contributed by atoms with van der Waals surface area (Å²) < 4.78 is 6.59. The van der Waals surface area contributed by atoms with E-state index in [0.29, 0.717) is 32.8 Å². The molecule has 11 heteroatoms. The third-order valence-corrected chi connectivity index (χ3v) is 6.18. The van der Waals surface area contributed by atoms with Crippen LogP contribution in [0.2, 0.25) is 5.02 Å². The van der Waals surface area contributed by atoms with Gasteiger partial charge < -0.3 is 20.3 Å². The number of amides is 1. The number of hydrogen-bond donors (Lipinski definition) is 2. The monoisotopic (exact) mass is 491 g/mol. The number of methoxy groups -OCH3 is 1. The number of anilines is 2. The number of ether oxygens (including phenoxy) is 1. The zero-order chi connectivity index (χ0) is 23.4. The normalized spacial score (nSPS) is 10.5. The summed E-state index contributed by atoms with van der Waals surface area (Å²) in [5.41, 5.74) is 1.86. The molecule has 32 heavy (non-hydrogen) atoms. The van der Waals surface area contributed by atoms with Crippen LogP contribution in [0.25, 0.3) is 0 Å². The van der Waals surface area contributed by atoms with E-state index in [1.165, 1.54) is 12.0 Å². The summed E-state index contributed by atoms with van der Waals surface area (Å²) in [6.45, 7) is 2.25. The number of halogens is 1. The van der Waals surface area contributed by atoms with Gasteiger partial charge in [0.1, 0.15) is 10.0 Å². The highest BCUT2D eigenvalue weighted by atomic mass is 35.5. The molecule has 0 aliphatic rings. The van der Waals surface area contributed by atoms with Gasteiger partial charge in [0, 0.05) is 20.3 Å². The minimum Gasteiger partial charge on any atom is -0.465 e. The molecule has 2 aromatic heterocycles. The molecule has 1 amide bonds. The summed E-state index contributed by atoms with van der Waals surface area (Å²) in [4.78, 5) is 26.7. The lowest BCUT2D eigenvalue weighted by Crippen LogP contribution is -2.21. The minimum absolute atomic E-state index is 0.173. The molecule has 0 radical (unpaired) electrons. The molecule has 0 fully saturated rings. The maximum atomic E-state index is 12.5. The Morgan fingerprint density at radius 2 is 1.94 bits per heavy atom. The SMILES string of the molecule is COC(=O)c1c(NC(=S)Nc2nn(Cc3ccccc3)cc2Cl)sc(C(=O)N(C)C)c1C. The highest BCUT2D eigenvalue weighted by Gasteiger charge is 2.26. The number of benzene rings is 1. The number of carbonyl (C=O) groups excluding carboxylic acids is 2. The molecule has 1 aromatic carbocycles. The highest BCUT2D eigenvalue weighted by molar-refractivity contribution is 7.80. The van der Waals surface area contributed by atoms with E-state index >= 15 is 0 Å². The van der Waals surface area contributed by atoms with Crippen molar-refractivity contribution in [1.82, 2.24) is 14.7 Å². The molecule has 0 saturated heterocycles. The van der Waals surface area contributed by atoms with E-state index in [2.05, 4.69) is 15.7 Å². The van der Waals surface area contributed by atoms with Gasteiger partial charge in [0.2, 0.25) is 0 Å². The molecular weight excluding hydrogens is 470 g/mol. The Morgan fingerprint density at radius 1 is 1.25 bits per heavy atom. The molecule has 0 aliphatic carbocycles. The van der Waals surface area contributed by atoms with Crippen LogP contribution in [0.3, 0.4) is 0 Å². The summed E-state index contributed by atoms with van der Waals surface area (Å²) in [7, 11) is 4.57. The van der Waals surface area contributed by atoms with Crippen LogP contribution >= 0.6 is 35.2 Å². The number of carbonyl (C=O) groups is 2. The van der Waals surface area contributed by atoms with Crippen molar-refractivity contribution >= 4 is 63.0 Å². The second-order valence-corrected chi connectivity index (χ2v) is 8.88. The fourth-order valence-electron chi connectivity index (χ4n) is 2.93. The number of hydrogen-bond acceptors (Lipinski definition) is 6. The molecule has 3 aromatic rings. The fraction of sp³-hybridized carbons (Fsp3) is 0.238. The van der Waals surface area contributed by atoms with Crippen molar-refractivity contribution in [2.24, 2.45) is 0 Å². The Hall–Kier alpha value is -2.95. The number of nitrogens with one attached hydrogen (secondary N) is 2. The van der Waals surface area contributed by atoms with Crippen molar-refractivity contribution in [3.8, 4) is 0 Å². The number of aromatic nitrogens is 2. The summed E-state index contributed by atoms with van der Waals surface area (Å²) in [6, 6.07) is 9.85. The summed E-state index contributed by atoms with van der Waals surface area (Å²) in [5, 5.41) is 11.3. The summed E-state index contributed by atoms with van der Waals surface area (Å²) in [6.07, 6.45) is 1.70. The smallest absolute Gasteiger partial charge is 0.341 e. The van der Waals surface area contributed by atoms with E-state index in [4.69, 9.17) is 28.6 Å². The topological polar surface area (TPSA) is 88.5 Å². The number of rotatable bonds is 6. The van der Waals surface area contributed by atoms with Crippen LogP contribution in [0.1, 0.15) is 31.2 Å². The lowest BCUT2D eigenvalue weighted by molar-refractivity contribution is 0.0601. The van der Waals surface area contributed by atoms with Crippen LogP contribution in [-0.4, -0.2) is 52.9 Å². The second kappa shape index (κ2) is 10.1. The number of esters is 1. The van der Waals surface area contributed by atoms with Crippen LogP contribution in [0.5, 0.6) is 0 Å². The molecule has 2 N–H and O–H groups in total. The zero-order valence-electron chi connectivity index (χ0n) is 17.9. The molecule has 0 bridgehead atoms. The number of thiocarbonyl (C=S) groups is 1. The van der Waals surface area contributed by atoms with Gasteiger partial charge in [-0.15, -0.1) is 11.3 Å². The molecule has 2 heterocycles. The average molecular weight is 492 g/mol. The molecular formula is C21H22ClN5O3S2. The van der Waals surface area contributed by atoms with Crippen LogP contribution in [0.15, 0.2) is 36.5 Å². The average Bonchev–Trinajstić information content (AvgIpc) is 3.26. The molecule has 0 spiro atoms. The van der Waals surface area contributed by atoms with Gasteiger partial charge in [-0.25, -0.2) is 4.79 Å². The van der Waals surface area contributed by atoms with Crippen molar-refractivity contribution in [3.05, 3.63) is 63.1 Å². The Bertz CT molecular complexity index is 1160. The third-order valence-electron chi connectivity index (χ3n) is 4.50. The first-order chi connectivity index (χ1) is 15.2. The first-order valence-corrected chi connectivity index (χ1v) is 11.1. The molecule has 8 nitrogen and oxygen atoms in total. The van der Waals surface area contributed by atoms with E-state index in [-0.39, 0.29) is 16.6 Å². The lowest BCUT2D eigenvalue weighted by Gasteiger charge is -2.09. The Balaban J connectivity index is 1.79. The molecule has 0 atom stereocenters. The van der Waals surface area contributed by atoms with E-state index < -0.39 is 5.97 Å². The highest BCUT2D eigenvalue weighted by Crippen LogP contribution is 2.34. The predicted octanol–water partition coefficient (Wildman–Crippen LogP) is 4.25. The standard InChI is InChI=1S/C21H22ClN5O3S2/c1-12-15(20(29)30-4)18(32-16(12)19(28)26(2)3)24-21(31)23-17-14(22)11-27(25-17)10-13-8-6-5-7-9-13/h5-9,11H,10H2,1-4H3,(H2,23,24,25,31). The van der Waals surface area contributed by atoms with Gasteiger partial charge in [-0.2, -0.15) is 5.10 Å². The number of nitrogens with zero attached hydrogens (tertiary/aromatic N) is 3. The van der Waals surface area contributed by atoms with Gasteiger partial charge in [-0.1, -0.05) is 41.9 Å². The number of thiophene rings is 1. The van der Waals surface area contributed by atoms with Crippen LogP contribution in [-0.2, 0) is 11.3 Å². The molecule has 0 saturated carbocycles. The van der Waals surface area contributed by atoms with Gasteiger partial charge in [0.05, 0.1) is 24.1 Å². The van der Waals surface area contributed by atoms with Crippen molar-refractivity contribution in [1.29, 1.82) is 0 Å². The summed E-state index contributed by atoms with van der Waals surface area (Å²) >= 11 is 12.8. The van der Waals surface area contributed by atoms with Crippen LogP contribution in [0, 0.1) is 6.92 Å². The lowest BCUT2D eigenvalue weighted by atomic mass is 10.1. The van der Waals surface area contributed by atoms with Gasteiger partial charge in [-0.05, 0) is 30.3 Å². The van der Waals surface area contributed by atoms with E-state index in [1.807, 2.05) is 30.3 Å². The zero-order valence-corrected chi connectivity index (χ0v) is 20.3. The fourth-order valence-corrected chi connectivity index (χ4v) is 4.61. The van der Waals surface area contributed by atoms with E-state index in [9.17, 15) is 9.59 Å². The largest absolute Gasteiger partial charge is 0.465 e. The van der Waals surface area contributed by atoms with E-state index in [0.717, 1.165) is 16.9 Å². The van der Waals surface area contributed by atoms with Gasteiger partial charge in [0.25, 0.3) is 5.91 Å². The Kier molecular flexibility index (Phi) is 7.49. The summed E-state index contributed by atoms with van der Waals surface area (Å²) in [5.74, 6) is -0.406. The first-order valence-electron chi connectivity index (χ1n) is 9.49. The Labute approximate surface area is 200 Å². The minimum atomic E-state index is -0.563. The third kappa shape index (κ3) is 5.26. The molecule has 0 unspecified atom stereocenters. The van der Waals surface area contributed by atoms with Crippen molar-refractivity contribution in [2.75, 3.05) is 31.8 Å². The Morgan fingerprint density at radius 3 is 2.56 bits per heavy atom. The molecule has 3 rings (SSSR count). The van der Waals surface area contributed by atoms with Gasteiger partial charge >= 0.3 is 5.97 Å². The van der Waals surface area contributed by atoms with Crippen molar-refractivity contribution < 1.29 is 14.3 Å². The second-order valence-electron chi connectivity index (χ2n) is 7.04.